The average molecular weight is 429 g/mol. The number of aryl methyl sites for hydroxylation is 3. The topological polar surface area (TPSA) is 64.7 Å². The van der Waals surface area contributed by atoms with Crippen molar-refractivity contribution in [2.75, 3.05) is 49.5 Å². The molecule has 7 heteroatoms. The van der Waals surface area contributed by atoms with E-state index in [1.807, 2.05) is 57.2 Å². The summed E-state index contributed by atoms with van der Waals surface area (Å²) in [7, 11) is 0. The number of hydrogen-bond donors (Lipinski definition) is 2. The molecule has 0 radical (unpaired) electrons. The Bertz CT molecular complexity index is 883. The third-order valence-electron chi connectivity index (χ3n) is 5.40. The van der Waals surface area contributed by atoms with Crippen LogP contribution in [0.4, 0.5) is 11.4 Å². The number of carbonyl (C=O) groups excluding carboxylic acids is 2. The predicted octanol–water partition coefficient (Wildman–Crippen LogP) is 3.14. The van der Waals surface area contributed by atoms with Gasteiger partial charge in [-0.25, -0.2) is 0 Å². The summed E-state index contributed by atoms with van der Waals surface area (Å²) in [6.07, 6.45) is 0. The van der Waals surface area contributed by atoms with E-state index < -0.39 is 11.8 Å². The number of anilines is 2. The number of amides is 2. The van der Waals surface area contributed by atoms with Gasteiger partial charge in [-0.05, 0) is 56.2 Å². The van der Waals surface area contributed by atoms with Crippen LogP contribution < -0.4 is 15.5 Å². The van der Waals surface area contributed by atoms with Gasteiger partial charge in [0.05, 0.1) is 0 Å². The molecule has 0 atom stereocenters. The van der Waals surface area contributed by atoms with Crippen LogP contribution in [0.2, 0.25) is 5.02 Å². The van der Waals surface area contributed by atoms with E-state index in [0.29, 0.717) is 12.2 Å². The number of benzene rings is 2. The largest absolute Gasteiger partial charge is 0.369 e. The Balaban J connectivity index is 1.41. The maximum absolute atomic E-state index is 12.3. The molecular formula is C23H29ClN4O2. The fourth-order valence-corrected chi connectivity index (χ4v) is 3.96. The molecule has 2 amide bonds. The van der Waals surface area contributed by atoms with Gasteiger partial charge in [-0.15, -0.1) is 0 Å². The molecular weight excluding hydrogens is 400 g/mol. The van der Waals surface area contributed by atoms with Gasteiger partial charge < -0.3 is 15.5 Å². The van der Waals surface area contributed by atoms with Gasteiger partial charge in [-0.2, -0.15) is 0 Å². The van der Waals surface area contributed by atoms with Gasteiger partial charge >= 0.3 is 11.8 Å². The van der Waals surface area contributed by atoms with E-state index in [1.165, 1.54) is 5.69 Å². The summed E-state index contributed by atoms with van der Waals surface area (Å²) in [6, 6.07) is 11.9. The summed E-state index contributed by atoms with van der Waals surface area (Å²) in [4.78, 5) is 29.1. The molecule has 30 heavy (non-hydrogen) atoms. The lowest BCUT2D eigenvalue weighted by atomic mass is 10.1. The quantitative estimate of drug-likeness (QED) is 0.718. The highest BCUT2D eigenvalue weighted by atomic mass is 35.5. The van der Waals surface area contributed by atoms with Crippen molar-refractivity contribution in [3.63, 3.8) is 0 Å². The first-order valence-electron chi connectivity index (χ1n) is 10.2. The minimum Gasteiger partial charge on any atom is -0.369 e. The van der Waals surface area contributed by atoms with Crippen molar-refractivity contribution in [2.45, 2.75) is 20.8 Å². The average Bonchev–Trinajstić information content (AvgIpc) is 2.71. The molecule has 0 aromatic heterocycles. The van der Waals surface area contributed by atoms with Gasteiger partial charge in [-0.3, -0.25) is 14.5 Å². The first-order chi connectivity index (χ1) is 14.3. The smallest absolute Gasteiger partial charge is 0.313 e. The zero-order valence-corrected chi connectivity index (χ0v) is 18.6. The lowest BCUT2D eigenvalue weighted by Gasteiger charge is -2.36. The van der Waals surface area contributed by atoms with Crippen molar-refractivity contribution < 1.29 is 9.59 Å². The SMILES string of the molecule is Cc1cc(C)c(NC(=O)C(=O)NCCN2CCN(c3ccc(Cl)cc3)CC2)c(C)c1. The Kier molecular flexibility index (Phi) is 7.34. The number of hydrogen-bond acceptors (Lipinski definition) is 4. The van der Waals surface area contributed by atoms with E-state index >= 15 is 0 Å². The monoisotopic (exact) mass is 428 g/mol. The highest BCUT2D eigenvalue weighted by Gasteiger charge is 2.19. The van der Waals surface area contributed by atoms with Crippen LogP contribution >= 0.6 is 11.6 Å². The van der Waals surface area contributed by atoms with Crippen molar-refractivity contribution >= 4 is 34.8 Å². The van der Waals surface area contributed by atoms with Crippen LogP contribution in [0, 0.1) is 20.8 Å². The number of piperazine rings is 1. The highest BCUT2D eigenvalue weighted by Crippen LogP contribution is 2.22. The third-order valence-corrected chi connectivity index (χ3v) is 5.65. The molecule has 1 aliphatic rings. The Morgan fingerprint density at radius 3 is 2.13 bits per heavy atom. The molecule has 160 valence electrons. The van der Waals surface area contributed by atoms with Crippen LogP contribution in [0.5, 0.6) is 0 Å². The van der Waals surface area contributed by atoms with Gasteiger partial charge in [0.15, 0.2) is 0 Å². The molecule has 1 saturated heterocycles. The summed E-state index contributed by atoms with van der Waals surface area (Å²) in [5.41, 5.74) is 4.91. The van der Waals surface area contributed by atoms with Crippen molar-refractivity contribution in [1.29, 1.82) is 0 Å². The molecule has 0 saturated carbocycles. The van der Waals surface area contributed by atoms with E-state index in [9.17, 15) is 9.59 Å². The number of nitrogens with one attached hydrogen (secondary N) is 2. The van der Waals surface area contributed by atoms with E-state index in [4.69, 9.17) is 11.6 Å². The van der Waals surface area contributed by atoms with Gasteiger partial charge in [0.25, 0.3) is 0 Å². The van der Waals surface area contributed by atoms with Crippen LogP contribution in [0.15, 0.2) is 36.4 Å². The summed E-state index contributed by atoms with van der Waals surface area (Å²) < 4.78 is 0. The zero-order chi connectivity index (χ0) is 21.7. The van der Waals surface area contributed by atoms with Crippen LogP contribution in [0.25, 0.3) is 0 Å². The van der Waals surface area contributed by atoms with Crippen LogP contribution in [-0.4, -0.2) is 56.0 Å². The third kappa shape index (κ3) is 5.74. The second-order valence-corrected chi connectivity index (χ2v) is 8.23. The highest BCUT2D eigenvalue weighted by molar-refractivity contribution is 6.39. The standard InChI is InChI=1S/C23H29ClN4O2/c1-16-14-17(2)21(18(3)15-16)26-23(30)22(29)25-8-9-27-10-12-28(13-11-27)20-6-4-19(24)5-7-20/h4-7,14-15H,8-13H2,1-3H3,(H,25,29)(H,26,30). The van der Waals surface area contributed by atoms with E-state index in [-0.39, 0.29) is 0 Å². The molecule has 2 N–H and O–H groups in total. The van der Waals surface area contributed by atoms with Crippen LogP contribution in [-0.2, 0) is 9.59 Å². The lowest BCUT2D eigenvalue weighted by Crippen LogP contribution is -2.49. The van der Waals surface area contributed by atoms with Crippen LogP contribution in [0.1, 0.15) is 16.7 Å². The summed E-state index contributed by atoms with van der Waals surface area (Å²) in [5.74, 6) is -1.23. The van der Waals surface area contributed by atoms with Gasteiger partial charge in [0.2, 0.25) is 0 Å². The Morgan fingerprint density at radius 1 is 0.933 bits per heavy atom. The lowest BCUT2D eigenvalue weighted by molar-refractivity contribution is -0.136. The Labute approximate surface area is 183 Å². The van der Waals surface area contributed by atoms with E-state index in [0.717, 1.165) is 54.4 Å². The second-order valence-electron chi connectivity index (χ2n) is 7.79. The molecule has 0 unspecified atom stereocenters. The molecule has 1 fully saturated rings. The molecule has 0 spiro atoms. The maximum atomic E-state index is 12.3. The Hall–Kier alpha value is -2.57. The number of halogens is 1. The van der Waals surface area contributed by atoms with Crippen molar-refractivity contribution in [2.24, 2.45) is 0 Å². The van der Waals surface area contributed by atoms with Crippen molar-refractivity contribution in [3.8, 4) is 0 Å². The minimum absolute atomic E-state index is 0.444. The normalized spacial score (nSPS) is 14.5. The van der Waals surface area contributed by atoms with E-state index in [1.54, 1.807) is 0 Å². The Morgan fingerprint density at radius 2 is 1.53 bits per heavy atom. The molecule has 6 nitrogen and oxygen atoms in total. The molecule has 2 aromatic rings. The zero-order valence-electron chi connectivity index (χ0n) is 17.8. The summed E-state index contributed by atoms with van der Waals surface area (Å²) in [5, 5.41) is 6.21. The first-order valence-corrected chi connectivity index (χ1v) is 10.6. The van der Waals surface area contributed by atoms with Gasteiger partial charge in [-0.1, -0.05) is 29.3 Å². The molecule has 0 aliphatic carbocycles. The molecule has 3 rings (SSSR count). The van der Waals surface area contributed by atoms with E-state index in [2.05, 4.69) is 20.4 Å². The summed E-state index contributed by atoms with van der Waals surface area (Å²) in [6.45, 7) is 10.7. The maximum Gasteiger partial charge on any atom is 0.313 e. The number of nitrogens with zero attached hydrogens (tertiary/aromatic N) is 2. The minimum atomic E-state index is -0.627. The number of rotatable bonds is 5. The second kappa shape index (κ2) is 9.96. The predicted molar refractivity (Wildman–Crippen MR) is 122 cm³/mol. The molecule has 0 bridgehead atoms. The fraction of sp³-hybridized carbons (Fsp3) is 0.391. The van der Waals surface area contributed by atoms with Gasteiger partial charge in [0, 0.05) is 55.7 Å². The van der Waals surface area contributed by atoms with Crippen LogP contribution in [0.3, 0.4) is 0 Å². The van der Waals surface area contributed by atoms with Gasteiger partial charge in [0.1, 0.15) is 0 Å². The molecule has 1 aliphatic heterocycles. The number of carbonyl (C=O) groups is 2. The first kappa shape index (κ1) is 22.1. The summed E-state index contributed by atoms with van der Waals surface area (Å²) >= 11 is 5.96. The van der Waals surface area contributed by atoms with Crippen molar-refractivity contribution in [3.05, 3.63) is 58.1 Å². The van der Waals surface area contributed by atoms with Crippen molar-refractivity contribution in [1.82, 2.24) is 10.2 Å². The molecule has 1 heterocycles. The molecule has 2 aromatic carbocycles. The fourth-order valence-electron chi connectivity index (χ4n) is 3.84.